The first kappa shape index (κ1) is 10.1. The Hall–Kier alpha value is -2.08. The number of nitrogen functional groups attached to an aromatic ring is 1. The number of H-pyrrole nitrogens is 1. The van der Waals surface area contributed by atoms with Gasteiger partial charge in [-0.1, -0.05) is 0 Å². The first-order chi connectivity index (χ1) is 8.15. The molecular formula is C11H10N4OS. The average Bonchev–Trinajstić information content (AvgIpc) is 2.81. The van der Waals surface area contributed by atoms with Crippen molar-refractivity contribution in [3.8, 4) is 5.13 Å². The Morgan fingerprint density at radius 1 is 1.47 bits per heavy atom. The van der Waals surface area contributed by atoms with E-state index < -0.39 is 0 Å². The summed E-state index contributed by atoms with van der Waals surface area (Å²) in [6.45, 7) is 1.90. The van der Waals surface area contributed by atoms with Crippen molar-refractivity contribution in [1.29, 1.82) is 0 Å². The van der Waals surface area contributed by atoms with E-state index in [0.717, 1.165) is 16.7 Å². The summed E-state index contributed by atoms with van der Waals surface area (Å²) in [7, 11) is 0. The minimum absolute atomic E-state index is 0.194. The summed E-state index contributed by atoms with van der Waals surface area (Å²) in [5.74, 6) is 0. The topological polar surface area (TPSA) is 76.7 Å². The number of anilines is 1. The molecule has 0 radical (unpaired) electrons. The number of imidazole rings is 1. The van der Waals surface area contributed by atoms with Crippen LogP contribution in [0.2, 0.25) is 0 Å². The van der Waals surface area contributed by atoms with Crippen molar-refractivity contribution in [2.75, 3.05) is 5.73 Å². The first-order valence-electron chi connectivity index (χ1n) is 5.08. The molecule has 0 aliphatic carbocycles. The molecule has 2 heterocycles. The quantitative estimate of drug-likeness (QED) is 0.641. The number of aromatic nitrogens is 3. The van der Waals surface area contributed by atoms with Crippen molar-refractivity contribution < 1.29 is 0 Å². The van der Waals surface area contributed by atoms with Crippen molar-refractivity contribution in [3.63, 3.8) is 0 Å². The molecule has 0 unspecified atom stereocenters. The summed E-state index contributed by atoms with van der Waals surface area (Å²) in [6.07, 6.45) is 0. The van der Waals surface area contributed by atoms with Crippen LogP contribution in [0.3, 0.4) is 0 Å². The highest BCUT2D eigenvalue weighted by Crippen LogP contribution is 2.20. The molecule has 5 nitrogen and oxygen atoms in total. The lowest BCUT2D eigenvalue weighted by molar-refractivity contribution is 0.988. The van der Waals surface area contributed by atoms with Gasteiger partial charge in [0.1, 0.15) is 0 Å². The Bertz CT molecular complexity index is 752. The zero-order valence-corrected chi connectivity index (χ0v) is 9.91. The number of hydrogen-bond acceptors (Lipinski definition) is 4. The molecule has 86 valence electrons. The molecule has 17 heavy (non-hydrogen) atoms. The molecule has 6 heteroatoms. The van der Waals surface area contributed by atoms with Gasteiger partial charge in [0.2, 0.25) is 0 Å². The standard InChI is InChI=1S/C11H10N4OS/c1-6-5-17-11(13-6)15-9-4-7(12)2-3-8(9)14-10(15)16/h2-5H,12H2,1H3,(H,14,16). The maximum Gasteiger partial charge on any atom is 0.332 e. The van der Waals surface area contributed by atoms with E-state index in [1.54, 1.807) is 22.8 Å². The summed E-state index contributed by atoms with van der Waals surface area (Å²) < 4.78 is 1.54. The van der Waals surface area contributed by atoms with Gasteiger partial charge in [0.15, 0.2) is 5.13 Å². The molecule has 3 N–H and O–H groups in total. The van der Waals surface area contributed by atoms with Crippen LogP contribution in [0.1, 0.15) is 5.69 Å². The van der Waals surface area contributed by atoms with Gasteiger partial charge in [-0.05, 0) is 25.1 Å². The Morgan fingerprint density at radius 3 is 3.00 bits per heavy atom. The summed E-state index contributed by atoms with van der Waals surface area (Å²) in [4.78, 5) is 19.0. The molecule has 0 spiro atoms. The molecule has 3 aromatic rings. The number of aryl methyl sites for hydroxylation is 1. The predicted octanol–water partition coefficient (Wildman–Crippen LogP) is 1.67. The van der Waals surface area contributed by atoms with Crippen LogP contribution in [-0.4, -0.2) is 14.5 Å². The summed E-state index contributed by atoms with van der Waals surface area (Å²) in [5, 5.41) is 2.57. The Morgan fingerprint density at radius 2 is 2.29 bits per heavy atom. The van der Waals surface area contributed by atoms with Crippen LogP contribution in [0, 0.1) is 6.92 Å². The molecule has 0 saturated heterocycles. The largest absolute Gasteiger partial charge is 0.399 e. The molecule has 0 bridgehead atoms. The fourth-order valence-electron chi connectivity index (χ4n) is 1.75. The molecule has 1 aromatic carbocycles. The number of thiazole rings is 1. The fraction of sp³-hybridized carbons (Fsp3) is 0.0909. The molecule has 3 rings (SSSR count). The van der Waals surface area contributed by atoms with Crippen LogP contribution in [0.15, 0.2) is 28.4 Å². The van der Waals surface area contributed by atoms with Gasteiger partial charge in [-0.15, -0.1) is 11.3 Å². The van der Waals surface area contributed by atoms with Crippen molar-refractivity contribution in [2.45, 2.75) is 6.92 Å². The van der Waals surface area contributed by atoms with E-state index >= 15 is 0 Å². The predicted molar refractivity (Wildman–Crippen MR) is 68.7 cm³/mol. The van der Waals surface area contributed by atoms with E-state index in [4.69, 9.17) is 5.73 Å². The summed E-state index contributed by atoms with van der Waals surface area (Å²) in [6, 6.07) is 5.32. The van der Waals surface area contributed by atoms with Gasteiger partial charge in [-0.3, -0.25) is 0 Å². The van der Waals surface area contributed by atoms with E-state index in [2.05, 4.69) is 9.97 Å². The third kappa shape index (κ3) is 1.53. The van der Waals surface area contributed by atoms with Crippen LogP contribution in [0.5, 0.6) is 0 Å². The molecule has 0 fully saturated rings. The highest BCUT2D eigenvalue weighted by molar-refractivity contribution is 7.12. The van der Waals surface area contributed by atoms with Crippen molar-refractivity contribution in [1.82, 2.24) is 14.5 Å². The van der Waals surface area contributed by atoms with Crippen LogP contribution < -0.4 is 11.4 Å². The number of benzene rings is 1. The molecule has 2 aromatic heterocycles. The number of nitrogens with zero attached hydrogens (tertiary/aromatic N) is 2. The average molecular weight is 246 g/mol. The molecule has 0 atom stereocenters. The maximum absolute atomic E-state index is 11.9. The molecule has 0 aliphatic heterocycles. The summed E-state index contributed by atoms with van der Waals surface area (Å²) in [5.41, 5.74) is 8.58. The molecular weight excluding hydrogens is 236 g/mol. The Kier molecular flexibility index (Phi) is 2.05. The maximum atomic E-state index is 11.9. The Balaban J connectivity index is 2.39. The number of hydrogen-bond donors (Lipinski definition) is 2. The van der Waals surface area contributed by atoms with Crippen molar-refractivity contribution >= 4 is 28.1 Å². The fourth-order valence-corrected chi connectivity index (χ4v) is 2.57. The zero-order chi connectivity index (χ0) is 12.0. The van der Waals surface area contributed by atoms with E-state index in [-0.39, 0.29) is 5.69 Å². The zero-order valence-electron chi connectivity index (χ0n) is 9.10. The second-order valence-electron chi connectivity index (χ2n) is 3.81. The normalized spacial score (nSPS) is 11.1. The van der Waals surface area contributed by atoms with Crippen LogP contribution in [0.25, 0.3) is 16.2 Å². The van der Waals surface area contributed by atoms with Crippen LogP contribution in [-0.2, 0) is 0 Å². The van der Waals surface area contributed by atoms with Gasteiger partial charge in [-0.2, -0.15) is 0 Å². The highest BCUT2D eigenvalue weighted by Gasteiger charge is 2.11. The first-order valence-corrected chi connectivity index (χ1v) is 5.96. The Labute approximate surface area is 101 Å². The van der Waals surface area contributed by atoms with Crippen LogP contribution in [0.4, 0.5) is 5.69 Å². The SMILES string of the molecule is Cc1csc(-n2c(=O)[nH]c3ccc(N)cc32)n1. The van der Waals surface area contributed by atoms with Gasteiger partial charge in [0.25, 0.3) is 0 Å². The van der Waals surface area contributed by atoms with Crippen molar-refractivity contribution in [2.24, 2.45) is 0 Å². The van der Waals surface area contributed by atoms with Gasteiger partial charge in [-0.25, -0.2) is 14.3 Å². The third-order valence-electron chi connectivity index (χ3n) is 2.51. The van der Waals surface area contributed by atoms with E-state index in [9.17, 15) is 4.79 Å². The van der Waals surface area contributed by atoms with E-state index in [0.29, 0.717) is 10.8 Å². The number of nitrogens with one attached hydrogen (secondary N) is 1. The number of fused-ring (bicyclic) bond motifs is 1. The van der Waals surface area contributed by atoms with Gasteiger partial charge in [0, 0.05) is 11.1 Å². The minimum atomic E-state index is -0.194. The lowest BCUT2D eigenvalue weighted by Crippen LogP contribution is -2.14. The molecule has 0 aliphatic rings. The van der Waals surface area contributed by atoms with E-state index in [1.165, 1.54) is 11.3 Å². The number of nitrogens with two attached hydrogens (primary N) is 1. The van der Waals surface area contributed by atoms with Crippen molar-refractivity contribution in [3.05, 3.63) is 39.8 Å². The van der Waals surface area contributed by atoms with E-state index in [1.807, 2.05) is 12.3 Å². The third-order valence-corrected chi connectivity index (χ3v) is 3.45. The minimum Gasteiger partial charge on any atom is -0.399 e. The van der Waals surface area contributed by atoms with Gasteiger partial charge in [0.05, 0.1) is 16.7 Å². The van der Waals surface area contributed by atoms with Gasteiger partial charge >= 0.3 is 5.69 Å². The lowest BCUT2D eigenvalue weighted by Gasteiger charge is -1.98. The monoisotopic (exact) mass is 246 g/mol. The highest BCUT2D eigenvalue weighted by atomic mass is 32.1. The van der Waals surface area contributed by atoms with Gasteiger partial charge < -0.3 is 10.7 Å². The molecule has 0 amide bonds. The second-order valence-corrected chi connectivity index (χ2v) is 4.65. The molecule has 0 saturated carbocycles. The summed E-state index contributed by atoms with van der Waals surface area (Å²) >= 11 is 1.43. The second kappa shape index (κ2) is 3.46. The number of rotatable bonds is 1. The smallest absolute Gasteiger partial charge is 0.332 e. The van der Waals surface area contributed by atoms with Crippen LogP contribution >= 0.6 is 11.3 Å². The number of aromatic amines is 1. The lowest BCUT2D eigenvalue weighted by atomic mass is 10.3.